The maximum atomic E-state index is 12.7. The minimum Gasteiger partial charge on any atom is -0.493 e. The van der Waals surface area contributed by atoms with Gasteiger partial charge in [-0.25, -0.2) is 4.79 Å². The summed E-state index contributed by atoms with van der Waals surface area (Å²) in [7, 11) is 0. The Bertz CT molecular complexity index is 1340. The van der Waals surface area contributed by atoms with E-state index in [4.69, 9.17) is 43.1 Å². The maximum absolute atomic E-state index is 12.7. The number of benzene rings is 3. The number of carbonyl (C=O) groups excluding carboxylic acids is 1. The van der Waals surface area contributed by atoms with Crippen molar-refractivity contribution in [3.63, 3.8) is 0 Å². The second-order valence-electron chi connectivity index (χ2n) is 8.41. The minimum atomic E-state index is -0.559. The van der Waals surface area contributed by atoms with Crippen LogP contribution in [0.15, 0.2) is 72.1 Å². The van der Waals surface area contributed by atoms with Gasteiger partial charge in [-0.15, -0.1) is 0 Å². The standard InChI is InChI=1S/C27H22Cl2N2O4/c1-15(2)14-33-18-6-3-16(4-7-18)27(32)34-19-8-10-21-24(12-19)35-26(31)22(13-30)25(21)20-9-5-17(28)11-23(20)29/h3-12,15,25H,14,31H2,1-2H3. The molecule has 0 radical (unpaired) electrons. The van der Waals surface area contributed by atoms with Crippen molar-refractivity contribution >= 4 is 29.2 Å². The highest BCUT2D eigenvalue weighted by Crippen LogP contribution is 2.45. The van der Waals surface area contributed by atoms with Gasteiger partial charge in [-0.3, -0.25) is 0 Å². The van der Waals surface area contributed by atoms with Crippen LogP contribution < -0.4 is 19.9 Å². The highest BCUT2D eigenvalue weighted by atomic mass is 35.5. The van der Waals surface area contributed by atoms with E-state index in [9.17, 15) is 10.1 Å². The Morgan fingerprint density at radius 1 is 1.06 bits per heavy atom. The van der Waals surface area contributed by atoms with E-state index in [-0.39, 0.29) is 17.2 Å². The zero-order valence-electron chi connectivity index (χ0n) is 19.0. The second-order valence-corrected chi connectivity index (χ2v) is 9.25. The van der Waals surface area contributed by atoms with Crippen molar-refractivity contribution in [2.75, 3.05) is 6.61 Å². The molecule has 0 spiro atoms. The van der Waals surface area contributed by atoms with Gasteiger partial charge in [0.1, 0.15) is 28.9 Å². The van der Waals surface area contributed by atoms with Crippen LogP contribution in [-0.4, -0.2) is 12.6 Å². The van der Waals surface area contributed by atoms with Gasteiger partial charge in [-0.05, 0) is 53.9 Å². The quantitative estimate of drug-likeness (QED) is 0.303. The number of nitriles is 1. The summed E-state index contributed by atoms with van der Waals surface area (Å²) < 4.78 is 16.9. The van der Waals surface area contributed by atoms with E-state index < -0.39 is 11.9 Å². The molecule has 3 aromatic rings. The number of fused-ring (bicyclic) bond motifs is 1. The van der Waals surface area contributed by atoms with Crippen LogP contribution in [0.4, 0.5) is 0 Å². The summed E-state index contributed by atoms with van der Waals surface area (Å²) in [5.41, 5.74) is 7.97. The zero-order valence-corrected chi connectivity index (χ0v) is 20.6. The average Bonchev–Trinajstić information content (AvgIpc) is 2.82. The minimum absolute atomic E-state index is 0.0449. The molecular formula is C27H22Cl2N2O4. The van der Waals surface area contributed by atoms with E-state index in [1.54, 1.807) is 60.7 Å². The third-order valence-electron chi connectivity index (χ3n) is 5.35. The van der Waals surface area contributed by atoms with Crippen molar-refractivity contribution in [3.8, 4) is 23.3 Å². The number of halogens is 2. The van der Waals surface area contributed by atoms with Gasteiger partial charge in [0.25, 0.3) is 0 Å². The Hall–Kier alpha value is -3.66. The normalized spacial score (nSPS) is 14.7. The lowest BCUT2D eigenvalue weighted by atomic mass is 9.83. The van der Waals surface area contributed by atoms with Crippen LogP contribution in [0.5, 0.6) is 17.2 Å². The summed E-state index contributed by atoms with van der Waals surface area (Å²) in [6, 6.07) is 18.8. The third kappa shape index (κ3) is 5.37. The Labute approximate surface area is 213 Å². The molecule has 1 heterocycles. The van der Waals surface area contributed by atoms with Gasteiger partial charge in [0, 0.05) is 21.7 Å². The van der Waals surface area contributed by atoms with Crippen molar-refractivity contribution in [2.24, 2.45) is 11.7 Å². The first-order valence-electron chi connectivity index (χ1n) is 10.9. The molecule has 1 unspecified atom stereocenters. The van der Waals surface area contributed by atoms with Gasteiger partial charge in [-0.2, -0.15) is 5.26 Å². The summed E-state index contributed by atoms with van der Waals surface area (Å²) >= 11 is 12.5. The number of nitrogens with two attached hydrogens (primary N) is 1. The molecule has 0 aromatic heterocycles. The molecule has 0 fully saturated rings. The van der Waals surface area contributed by atoms with Gasteiger partial charge in [0.15, 0.2) is 0 Å². The van der Waals surface area contributed by atoms with E-state index >= 15 is 0 Å². The van der Waals surface area contributed by atoms with Crippen molar-refractivity contribution in [1.29, 1.82) is 5.26 Å². The fourth-order valence-electron chi connectivity index (χ4n) is 3.67. The third-order valence-corrected chi connectivity index (χ3v) is 5.91. The average molecular weight is 509 g/mol. The van der Waals surface area contributed by atoms with Crippen molar-refractivity contribution in [2.45, 2.75) is 19.8 Å². The molecule has 6 nitrogen and oxygen atoms in total. The summed E-state index contributed by atoms with van der Waals surface area (Å²) in [4.78, 5) is 12.7. The van der Waals surface area contributed by atoms with E-state index in [0.29, 0.717) is 50.8 Å². The Morgan fingerprint density at radius 2 is 1.74 bits per heavy atom. The first-order valence-corrected chi connectivity index (χ1v) is 11.6. The fourth-order valence-corrected chi connectivity index (χ4v) is 4.19. The molecule has 1 aliphatic heterocycles. The topological polar surface area (TPSA) is 94.6 Å². The molecule has 0 saturated heterocycles. The number of hydrogen-bond acceptors (Lipinski definition) is 6. The number of ether oxygens (including phenoxy) is 3. The summed E-state index contributed by atoms with van der Waals surface area (Å²) in [5.74, 6) is 0.570. The van der Waals surface area contributed by atoms with Crippen LogP contribution in [0.2, 0.25) is 10.0 Å². The predicted octanol–water partition coefficient (Wildman–Crippen LogP) is 6.47. The van der Waals surface area contributed by atoms with Crippen molar-refractivity contribution in [3.05, 3.63) is 98.9 Å². The van der Waals surface area contributed by atoms with E-state index in [2.05, 4.69) is 19.9 Å². The number of allylic oxidation sites excluding steroid dienone is 1. The molecule has 1 atom stereocenters. The Kier molecular flexibility index (Phi) is 7.20. The number of rotatable bonds is 6. The van der Waals surface area contributed by atoms with Gasteiger partial charge in [0.2, 0.25) is 5.88 Å². The maximum Gasteiger partial charge on any atom is 0.343 e. The van der Waals surface area contributed by atoms with Crippen LogP contribution >= 0.6 is 23.2 Å². The fraction of sp³-hybridized carbons (Fsp3) is 0.185. The monoisotopic (exact) mass is 508 g/mol. The number of nitrogens with zero attached hydrogens (tertiary/aromatic N) is 1. The van der Waals surface area contributed by atoms with Gasteiger partial charge in [0.05, 0.1) is 18.1 Å². The Balaban J connectivity index is 1.59. The molecule has 3 aromatic carbocycles. The van der Waals surface area contributed by atoms with Gasteiger partial charge < -0.3 is 19.9 Å². The van der Waals surface area contributed by atoms with Gasteiger partial charge in [-0.1, -0.05) is 49.2 Å². The van der Waals surface area contributed by atoms with Gasteiger partial charge >= 0.3 is 5.97 Å². The van der Waals surface area contributed by atoms with Crippen LogP contribution in [0.25, 0.3) is 0 Å². The van der Waals surface area contributed by atoms with Crippen LogP contribution in [-0.2, 0) is 0 Å². The molecule has 4 rings (SSSR count). The summed E-state index contributed by atoms with van der Waals surface area (Å²) in [6.45, 7) is 4.71. The SMILES string of the molecule is CC(C)COc1ccc(C(=O)Oc2ccc3c(c2)OC(N)=C(C#N)C3c2ccc(Cl)cc2Cl)cc1. The zero-order chi connectivity index (χ0) is 25.1. The first-order chi connectivity index (χ1) is 16.8. The molecule has 2 N–H and O–H groups in total. The van der Waals surface area contributed by atoms with Crippen LogP contribution in [0.3, 0.4) is 0 Å². The lowest BCUT2D eigenvalue weighted by Crippen LogP contribution is -2.21. The second kappa shape index (κ2) is 10.3. The molecule has 1 aliphatic rings. The van der Waals surface area contributed by atoms with Crippen molar-refractivity contribution in [1.82, 2.24) is 0 Å². The van der Waals surface area contributed by atoms with E-state index in [0.717, 1.165) is 0 Å². The smallest absolute Gasteiger partial charge is 0.343 e. The molecule has 35 heavy (non-hydrogen) atoms. The number of esters is 1. The lowest BCUT2D eigenvalue weighted by molar-refractivity contribution is 0.0734. The molecule has 178 valence electrons. The van der Waals surface area contributed by atoms with Crippen molar-refractivity contribution < 1.29 is 19.0 Å². The number of carbonyl (C=O) groups is 1. The first kappa shape index (κ1) is 24.5. The van der Waals surface area contributed by atoms with E-state index in [1.807, 2.05) is 0 Å². The molecular weight excluding hydrogens is 487 g/mol. The highest BCUT2D eigenvalue weighted by Gasteiger charge is 2.32. The largest absolute Gasteiger partial charge is 0.493 e. The molecule has 0 saturated carbocycles. The molecule has 0 aliphatic carbocycles. The Morgan fingerprint density at radius 3 is 2.40 bits per heavy atom. The molecule has 8 heteroatoms. The predicted molar refractivity (Wildman–Crippen MR) is 134 cm³/mol. The van der Waals surface area contributed by atoms with E-state index in [1.165, 1.54) is 0 Å². The summed E-state index contributed by atoms with van der Waals surface area (Å²) in [5, 5.41) is 10.6. The number of hydrogen-bond donors (Lipinski definition) is 1. The lowest BCUT2D eigenvalue weighted by Gasteiger charge is -2.27. The summed E-state index contributed by atoms with van der Waals surface area (Å²) in [6.07, 6.45) is 0. The molecule has 0 bridgehead atoms. The highest BCUT2D eigenvalue weighted by molar-refractivity contribution is 6.35. The van der Waals surface area contributed by atoms with Crippen LogP contribution in [0.1, 0.15) is 41.3 Å². The molecule has 0 amide bonds. The van der Waals surface area contributed by atoms with Crippen LogP contribution in [0, 0.1) is 17.2 Å².